The van der Waals surface area contributed by atoms with Crippen LogP contribution in [0.1, 0.15) is 23.1 Å². The highest BCUT2D eigenvalue weighted by Crippen LogP contribution is 2.25. The number of hydrogen-bond acceptors (Lipinski definition) is 5. The standard InChI is InChI=1S/C21H22ClFN6S/c22-18-3-1-4-19(23)17(18)14-28-7-2-8-29(10-9-28)20-6-5-15(11-16(20)12-24)13-26-27-21(25)30/h1,3-6,11,13H,2,7-10,14H2,(H3,25,27,30)/b26-13+. The maximum Gasteiger partial charge on any atom is 0.184 e. The molecule has 3 rings (SSSR count). The Morgan fingerprint density at radius 3 is 2.87 bits per heavy atom. The summed E-state index contributed by atoms with van der Waals surface area (Å²) in [5.74, 6) is -0.280. The van der Waals surface area contributed by atoms with Crippen LogP contribution in [0, 0.1) is 17.1 Å². The van der Waals surface area contributed by atoms with Crippen molar-refractivity contribution in [3.8, 4) is 6.07 Å². The van der Waals surface area contributed by atoms with Gasteiger partial charge < -0.3 is 10.6 Å². The molecule has 0 amide bonds. The Hall–Kier alpha value is -2.73. The van der Waals surface area contributed by atoms with Crippen molar-refractivity contribution in [3.05, 3.63) is 63.9 Å². The van der Waals surface area contributed by atoms with Crippen molar-refractivity contribution < 1.29 is 4.39 Å². The highest BCUT2D eigenvalue weighted by atomic mass is 35.5. The quantitative estimate of drug-likeness (QED) is 0.418. The number of nitrogens with zero attached hydrogens (tertiary/aromatic N) is 4. The van der Waals surface area contributed by atoms with Crippen LogP contribution in [-0.2, 0) is 6.54 Å². The molecule has 0 radical (unpaired) electrons. The number of hydrazone groups is 1. The molecular formula is C21H22ClFN6S. The highest BCUT2D eigenvalue weighted by molar-refractivity contribution is 7.80. The van der Waals surface area contributed by atoms with Gasteiger partial charge in [-0.25, -0.2) is 4.39 Å². The lowest BCUT2D eigenvalue weighted by atomic mass is 10.1. The van der Waals surface area contributed by atoms with E-state index in [0.717, 1.165) is 43.9 Å². The molecule has 0 aromatic heterocycles. The largest absolute Gasteiger partial charge is 0.375 e. The van der Waals surface area contributed by atoms with E-state index in [2.05, 4.69) is 26.4 Å². The van der Waals surface area contributed by atoms with Crippen molar-refractivity contribution in [2.75, 3.05) is 31.1 Å². The first-order chi connectivity index (χ1) is 14.5. The predicted molar refractivity (Wildman–Crippen MR) is 122 cm³/mol. The van der Waals surface area contributed by atoms with Gasteiger partial charge in [0, 0.05) is 43.3 Å². The Kier molecular flexibility index (Phi) is 7.57. The van der Waals surface area contributed by atoms with E-state index in [1.54, 1.807) is 24.4 Å². The third kappa shape index (κ3) is 5.66. The first-order valence-corrected chi connectivity index (χ1v) is 10.3. The topological polar surface area (TPSA) is 80.7 Å². The molecule has 1 aliphatic heterocycles. The number of anilines is 1. The lowest BCUT2D eigenvalue weighted by Gasteiger charge is -2.25. The van der Waals surface area contributed by atoms with Crippen LogP contribution in [0.4, 0.5) is 10.1 Å². The number of nitriles is 1. The molecule has 0 unspecified atom stereocenters. The second-order valence-electron chi connectivity index (χ2n) is 6.94. The van der Waals surface area contributed by atoms with Gasteiger partial charge in [0.1, 0.15) is 11.9 Å². The van der Waals surface area contributed by atoms with Crippen molar-refractivity contribution in [3.63, 3.8) is 0 Å². The van der Waals surface area contributed by atoms with E-state index in [0.29, 0.717) is 22.7 Å². The van der Waals surface area contributed by atoms with Crippen molar-refractivity contribution in [1.29, 1.82) is 5.26 Å². The van der Waals surface area contributed by atoms with Crippen LogP contribution < -0.4 is 16.1 Å². The fourth-order valence-electron chi connectivity index (χ4n) is 3.45. The second-order valence-corrected chi connectivity index (χ2v) is 7.79. The predicted octanol–water partition coefficient (Wildman–Crippen LogP) is 3.23. The zero-order valence-corrected chi connectivity index (χ0v) is 17.9. The average Bonchev–Trinajstić information content (AvgIpc) is 2.96. The van der Waals surface area contributed by atoms with Gasteiger partial charge in [0.05, 0.1) is 17.5 Å². The summed E-state index contributed by atoms with van der Waals surface area (Å²) >= 11 is 10.9. The molecule has 0 aliphatic carbocycles. The number of hydrogen-bond donors (Lipinski definition) is 2. The van der Waals surface area contributed by atoms with E-state index in [9.17, 15) is 9.65 Å². The Labute approximate surface area is 185 Å². The third-order valence-electron chi connectivity index (χ3n) is 4.90. The summed E-state index contributed by atoms with van der Waals surface area (Å²) in [4.78, 5) is 4.38. The molecule has 0 spiro atoms. The summed E-state index contributed by atoms with van der Waals surface area (Å²) in [5.41, 5.74) is 10.6. The second kappa shape index (κ2) is 10.3. The maximum atomic E-state index is 14.1. The highest BCUT2D eigenvalue weighted by Gasteiger charge is 2.19. The first-order valence-electron chi connectivity index (χ1n) is 9.51. The SMILES string of the molecule is N#Cc1cc(/C=N/NC(N)=S)ccc1N1CCCN(Cc2c(F)cccc2Cl)CC1. The molecule has 1 fully saturated rings. The molecule has 30 heavy (non-hydrogen) atoms. The van der Waals surface area contributed by atoms with E-state index < -0.39 is 0 Å². The number of rotatable bonds is 5. The normalized spacial score (nSPS) is 15.0. The van der Waals surface area contributed by atoms with Gasteiger partial charge in [0.25, 0.3) is 0 Å². The maximum absolute atomic E-state index is 14.1. The molecule has 1 aliphatic rings. The zero-order valence-electron chi connectivity index (χ0n) is 16.3. The molecule has 9 heteroatoms. The summed E-state index contributed by atoms with van der Waals surface area (Å²) in [6.45, 7) is 3.59. The summed E-state index contributed by atoms with van der Waals surface area (Å²) in [5, 5.41) is 14.1. The van der Waals surface area contributed by atoms with E-state index in [4.69, 9.17) is 29.6 Å². The van der Waals surface area contributed by atoms with Crippen molar-refractivity contribution in [2.24, 2.45) is 10.8 Å². The van der Waals surface area contributed by atoms with Crippen LogP contribution >= 0.6 is 23.8 Å². The molecule has 0 bridgehead atoms. The smallest absolute Gasteiger partial charge is 0.184 e. The Balaban J connectivity index is 1.69. The fourth-order valence-corrected chi connectivity index (χ4v) is 3.72. The van der Waals surface area contributed by atoms with E-state index >= 15 is 0 Å². The van der Waals surface area contributed by atoms with Gasteiger partial charge in [-0.1, -0.05) is 23.7 Å². The molecule has 0 saturated carbocycles. The summed E-state index contributed by atoms with van der Waals surface area (Å²) < 4.78 is 14.1. The minimum Gasteiger partial charge on any atom is -0.375 e. The van der Waals surface area contributed by atoms with Gasteiger partial charge in [0.15, 0.2) is 5.11 Å². The Morgan fingerprint density at radius 1 is 1.30 bits per heavy atom. The van der Waals surface area contributed by atoms with Gasteiger partial charge in [-0.2, -0.15) is 10.4 Å². The number of thiocarbonyl (C=S) groups is 1. The molecular weight excluding hydrogens is 423 g/mol. The zero-order chi connectivity index (χ0) is 21.5. The van der Waals surface area contributed by atoms with E-state index in [1.165, 1.54) is 6.07 Å². The van der Waals surface area contributed by atoms with E-state index in [1.807, 2.05) is 12.1 Å². The minimum atomic E-state index is -0.280. The monoisotopic (exact) mass is 444 g/mol. The minimum absolute atomic E-state index is 0.0779. The molecule has 6 nitrogen and oxygen atoms in total. The lowest BCUT2D eigenvalue weighted by molar-refractivity contribution is 0.281. The summed E-state index contributed by atoms with van der Waals surface area (Å²) in [7, 11) is 0. The molecule has 156 valence electrons. The summed E-state index contributed by atoms with van der Waals surface area (Å²) in [6, 6.07) is 12.6. The summed E-state index contributed by atoms with van der Waals surface area (Å²) in [6.07, 6.45) is 2.46. The lowest BCUT2D eigenvalue weighted by Crippen LogP contribution is -2.31. The number of halogens is 2. The Bertz CT molecular complexity index is 970. The average molecular weight is 445 g/mol. The van der Waals surface area contributed by atoms with Crippen molar-refractivity contribution >= 4 is 40.8 Å². The van der Waals surface area contributed by atoms with Crippen molar-refractivity contribution in [1.82, 2.24) is 10.3 Å². The van der Waals surface area contributed by atoms with Gasteiger partial charge in [-0.05, 0) is 48.5 Å². The van der Waals surface area contributed by atoms with Crippen LogP contribution in [0.3, 0.4) is 0 Å². The number of benzene rings is 2. The van der Waals surface area contributed by atoms with Gasteiger partial charge >= 0.3 is 0 Å². The van der Waals surface area contributed by atoms with Gasteiger partial charge in [-0.15, -0.1) is 0 Å². The van der Waals surface area contributed by atoms with Crippen LogP contribution in [-0.4, -0.2) is 42.4 Å². The number of nitrogens with one attached hydrogen (secondary N) is 1. The van der Waals surface area contributed by atoms with E-state index in [-0.39, 0.29) is 10.9 Å². The van der Waals surface area contributed by atoms with Crippen molar-refractivity contribution in [2.45, 2.75) is 13.0 Å². The molecule has 1 saturated heterocycles. The van der Waals surface area contributed by atoms with Gasteiger partial charge in [-0.3, -0.25) is 10.3 Å². The number of nitrogens with two attached hydrogens (primary N) is 1. The molecule has 2 aromatic rings. The third-order valence-corrected chi connectivity index (χ3v) is 5.35. The van der Waals surface area contributed by atoms with Crippen LogP contribution in [0.25, 0.3) is 0 Å². The molecule has 0 atom stereocenters. The first kappa shape index (κ1) is 22.0. The molecule has 2 aromatic carbocycles. The van der Waals surface area contributed by atoms with Gasteiger partial charge in [0.2, 0.25) is 0 Å². The molecule has 1 heterocycles. The van der Waals surface area contributed by atoms with Crippen LogP contribution in [0.15, 0.2) is 41.5 Å². The Morgan fingerprint density at radius 2 is 2.13 bits per heavy atom. The fraction of sp³-hybridized carbons (Fsp3) is 0.286. The molecule has 3 N–H and O–H groups in total. The van der Waals surface area contributed by atoms with Crippen LogP contribution in [0.5, 0.6) is 0 Å². The van der Waals surface area contributed by atoms with Crippen LogP contribution in [0.2, 0.25) is 5.02 Å².